The van der Waals surface area contributed by atoms with Crippen LogP contribution in [0.1, 0.15) is 23.0 Å². The third-order valence-corrected chi connectivity index (χ3v) is 4.19. The Morgan fingerprint density at radius 1 is 1.04 bits per heavy atom. The van der Waals surface area contributed by atoms with E-state index in [0.717, 1.165) is 11.3 Å². The molecule has 0 bridgehead atoms. The average Bonchev–Trinajstić information content (AvgIpc) is 2.61. The van der Waals surface area contributed by atoms with Gasteiger partial charge in [-0.05, 0) is 24.6 Å². The van der Waals surface area contributed by atoms with Crippen molar-refractivity contribution in [1.82, 2.24) is 19.8 Å². The zero-order valence-corrected chi connectivity index (χ0v) is 14.4. The zero-order valence-electron chi connectivity index (χ0n) is 14.4. The van der Waals surface area contributed by atoms with Crippen molar-refractivity contribution >= 4 is 23.3 Å². The van der Waals surface area contributed by atoms with Gasteiger partial charge < -0.3 is 15.1 Å². The van der Waals surface area contributed by atoms with Gasteiger partial charge in [0.25, 0.3) is 5.91 Å². The fraction of sp³-hybridized carbons (Fsp3) is 0.333. The molecule has 1 N–H and O–H groups in total. The summed E-state index contributed by atoms with van der Waals surface area (Å²) in [4.78, 5) is 35.8. The maximum atomic E-state index is 12.6. The summed E-state index contributed by atoms with van der Waals surface area (Å²) in [5.41, 5.74) is 2.40. The summed E-state index contributed by atoms with van der Waals surface area (Å²) in [6, 6.07) is 9.57. The minimum atomic E-state index is -0.141. The molecular weight excluding hydrogens is 318 g/mol. The topological polar surface area (TPSA) is 78.4 Å². The van der Waals surface area contributed by atoms with Gasteiger partial charge in [-0.2, -0.15) is 0 Å². The Bertz CT molecular complexity index is 785. The van der Waals surface area contributed by atoms with E-state index in [9.17, 15) is 9.59 Å². The number of amides is 2. The van der Waals surface area contributed by atoms with E-state index >= 15 is 0 Å². The van der Waals surface area contributed by atoms with Gasteiger partial charge in [-0.15, -0.1) is 0 Å². The first-order valence-corrected chi connectivity index (χ1v) is 8.23. The number of aryl methyl sites for hydroxylation is 1. The summed E-state index contributed by atoms with van der Waals surface area (Å²) >= 11 is 0. The number of rotatable bonds is 3. The molecular formula is C18H21N5O2. The number of carbonyl (C=O) groups is 2. The molecule has 0 spiro atoms. The number of hydrogen-bond acceptors (Lipinski definition) is 5. The minimum Gasteiger partial charge on any atom is -0.340 e. The smallest absolute Gasteiger partial charge is 0.272 e. The Morgan fingerprint density at radius 2 is 1.76 bits per heavy atom. The lowest BCUT2D eigenvalue weighted by Crippen LogP contribution is -2.50. The van der Waals surface area contributed by atoms with Crippen LogP contribution in [0.15, 0.2) is 36.7 Å². The number of nitrogens with zero attached hydrogens (tertiary/aromatic N) is 4. The lowest BCUT2D eigenvalue weighted by molar-refractivity contribution is -0.130. The molecule has 2 amide bonds. The van der Waals surface area contributed by atoms with Crippen molar-refractivity contribution in [2.75, 3.05) is 31.5 Å². The van der Waals surface area contributed by atoms with Gasteiger partial charge in [0.05, 0.1) is 0 Å². The molecule has 0 radical (unpaired) electrons. The van der Waals surface area contributed by atoms with Crippen molar-refractivity contribution in [1.29, 1.82) is 0 Å². The summed E-state index contributed by atoms with van der Waals surface area (Å²) in [5, 5.41) is 3.19. The summed E-state index contributed by atoms with van der Waals surface area (Å²) in [7, 11) is 0. The molecule has 130 valence electrons. The van der Waals surface area contributed by atoms with Crippen LogP contribution in [0.3, 0.4) is 0 Å². The Kier molecular flexibility index (Phi) is 4.92. The molecule has 0 aliphatic carbocycles. The molecule has 25 heavy (non-hydrogen) atoms. The molecule has 3 rings (SSSR count). The first kappa shape index (κ1) is 16.9. The molecule has 2 aromatic rings. The highest BCUT2D eigenvalue weighted by molar-refractivity contribution is 5.93. The molecule has 1 aromatic carbocycles. The number of carbonyl (C=O) groups excluding carboxylic acids is 2. The van der Waals surface area contributed by atoms with Crippen LogP contribution in [-0.2, 0) is 4.79 Å². The molecule has 1 aliphatic rings. The fourth-order valence-corrected chi connectivity index (χ4v) is 2.80. The lowest BCUT2D eigenvalue weighted by Gasteiger charge is -2.34. The van der Waals surface area contributed by atoms with E-state index in [0.29, 0.717) is 37.7 Å². The highest BCUT2D eigenvalue weighted by Gasteiger charge is 2.24. The predicted molar refractivity (Wildman–Crippen MR) is 94.7 cm³/mol. The Labute approximate surface area is 146 Å². The van der Waals surface area contributed by atoms with Crippen LogP contribution in [-0.4, -0.2) is 57.8 Å². The molecule has 1 fully saturated rings. The normalized spacial score (nSPS) is 14.3. The second-order valence-electron chi connectivity index (χ2n) is 6.08. The van der Waals surface area contributed by atoms with Crippen molar-refractivity contribution in [3.63, 3.8) is 0 Å². The number of hydrogen-bond donors (Lipinski definition) is 1. The average molecular weight is 339 g/mol. The van der Waals surface area contributed by atoms with E-state index in [4.69, 9.17) is 0 Å². The standard InChI is InChI=1S/C18H21N5O2/c1-13-4-3-5-15(10-13)21-17-11-16(19-12-20-17)18(25)23-8-6-22(7-9-23)14(2)24/h3-5,10-12H,6-9H2,1-2H3,(H,19,20,21). The van der Waals surface area contributed by atoms with Gasteiger partial charge in [0.15, 0.2) is 0 Å². The Balaban J connectivity index is 1.69. The fourth-order valence-electron chi connectivity index (χ4n) is 2.80. The van der Waals surface area contributed by atoms with Gasteiger partial charge in [-0.1, -0.05) is 12.1 Å². The zero-order chi connectivity index (χ0) is 17.8. The molecule has 7 nitrogen and oxygen atoms in total. The first-order chi connectivity index (χ1) is 12.0. The van der Waals surface area contributed by atoms with Gasteiger partial charge in [0.1, 0.15) is 17.8 Å². The molecule has 0 atom stereocenters. The predicted octanol–water partition coefficient (Wildman–Crippen LogP) is 1.83. The quantitative estimate of drug-likeness (QED) is 0.923. The number of piperazine rings is 1. The van der Waals surface area contributed by atoms with E-state index in [1.807, 2.05) is 31.2 Å². The molecule has 0 unspecified atom stereocenters. The lowest BCUT2D eigenvalue weighted by atomic mass is 10.2. The van der Waals surface area contributed by atoms with Crippen LogP contribution in [0.4, 0.5) is 11.5 Å². The van der Waals surface area contributed by atoms with Crippen LogP contribution in [0.2, 0.25) is 0 Å². The van der Waals surface area contributed by atoms with E-state index in [2.05, 4.69) is 15.3 Å². The van der Waals surface area contributed by atoms with Crippen LogP contribution in [0.5, 0.6) is 0 Å². The van der Waals surface area contributed by atoms with Crippen LogP contribution >= 0.6 is 0 Å². The summed E-state index contributed by atoms with van der Waals surface area (Å²) in [5.74, 6) is 0.475. The largest absolute Gasteiger partial charge is 0.340 e. The second-order valence-corrected chi connectivity index (χ2v) is 6.08. The van der Waals surface area contributed by atoms with Gasteiger partial charge in [-0.25, -0.2) is 9.97 Å². The Hall–Kier alpha value is -2.96. The van der Waals surface area contributed by atoms with Gasteiger partial charge in [0.2, 0.25) is 5.91 Å². The van der Waals surface area contributed by atoms with E-state index in [1.165, 1.54) is 6.33 Å². The van der Waals surface area contributed by atoms with Gasteiger partial charge in [0, 0.05) is 44.9 Å². The molecule has 1 aromatic heterocycles. The van der Waals surface area contributed by atoms with Crippen LogP contribution in [0, 0.1) is 6.92 Å². The SMILES string of the molecule is CC(=O)N1CCN(C(=O)c2cc(Nc3cccc(C)c3)ncn2)CC1. The summed E-state index contributed by atoms with van der Waals surface area (Å²) in [6.07, 6.45) is 1.39. The molecule has 1 aliphatic heterocycles. The maximum absolute atomic E-state index is 12.6. The Morgan fingerprint density at radius 3 is 2.44 bits per heavy atom. The number of benzene rings is 1. The van der Waals surface area contributed by atoms with Gasteiger partial charge >= 0.3 is 0 Å². The summed E-state index contributed by atoms with van der Waals surface area (Å²) < 4.78 is 0. The highest BCUT2D eigenvalue weighted by atomic mass is 16.2. The van der Waals surface area contributed by atoms with E-state index < -0.39 is 0 Å². The molecule has 0 saturated carbocycles. The van der Waals surface area contributed by atoms with Crippen LogP contribution in [0.25, 0.3) is 0 Å². The van der Waals surface area contributed by atoms with Crippen molar-refractivity contribution in [2.24, 2.45) is 0 Å². The van der Waals surface area contributed by atoms with Crippen molar-refractivity contribution in [2.45, 2.75) is 13.8 Å². The third-order valence-electron chi connectivity index (χ3n) is 4.19. The molecule has 7 heteroatoms. The van der Waals surface area contributed by atoms with Crippen molar-refractivity contribution in [3.8, 4) is 0 Å². The van der Waals surface area contributed by atoms with Crippen molar-refractivity contribution < 1.29 is 9.59 Å². The van der Waals surface area contributed by atoms with E-state index in [-0.39, 0.29) is 11.8 Å². The first-order valence-electron chi connectivity index (χ1n) is 8.23. The number of nitrogens with one attached hydrogen (secondary N) is 1. The highest BCUT2D eigenvalue weighted by Crippen LogP contribution is 2.16. The third kappa shape index (κ3) is 4.12. The monoisotopic (exact) mass is 339 g/mol. The molecule has 2 heterocycles. The number of anilines is 2. The number of aromatic nitrogens is 2. The van der Waals surface area contributed by atoms with Crippen LogP contribution < -0.4 is 5.32 Å². The summed E-state index contributed by atoms with van der Waals surface area (Å²) in [6.45, 7) is 5.71. The van der Waals surface area contributed by atoms with Crippen molar-refractivity contribution in [3.05, 3.63) is 47.9 Å². The minimum absolute atomic E-state index is 0.0405. The van der Waals surface area contributed by atoms with E-state index in [1.54, 1.807) is 22.8 Å². The second kappa shape index (κ2) is 7.29. The van der Waals surface area contributed by atoms with Gasteiger partial charge in [-0.3, -0.25) is 9.59 Å². The maximum Gasteiger partial charge on any atom is 0.272 e. The molecule has 1 saturated heterocycles.